The second-order valence-electron chi connectivity index (χ2n) is 0. The molecule has 0 atom stereocenters. The zero-order valence-electron chi connectivity index (χ0n) is 1.33. The van der Waals surface area contributed by atoms with Gasteiger partial charge in [0.2, 0.25) is 0 Å². The summed E-state index contributed by atoms with van der Waals surface area (Å²) in [6.45, 7) is 0. The van der Waals surface area contributed by atoms with E-state index in [0.29, 0.717) is 0 Å². The molecule has 0 bridgehead atoms. The Morgan fingerprint density at radius 2 is 1.00 bits per heavy atom. The molecular formula is DySmTbYb. The van der Waals surface area contributed by atoms with Crippen LogP contribution in [0, 0.1) is 164 Å². The van der Waals surface area contributed by atoms with Crippen LogP contribution in [0.1, 0.15) is 0 Å². The number of hydrogen-bond acceptors (Lipinski definition) is 0. The summed E-state index contributed by atoms with van der Waals surface area (Å²) in [5.41, 5.74) is 0. The first-order valence-corrected chi connectivity index (χ1v) is 0. The standard InChI is InChI=1S/Dy.Sm.Tb.Yb. The van der Waals surface area contributed by atoms with E-state index in [4.69, 9.17) is 0 Å². The fourth-order valence-electron chi connectivity index (χ4n) is 0. The van der Waals surface area contributed by atoms with Gasteiger partial charge in [-0.3, -0.25) is 0 Å². The van der Waals surface area contributed by atoms with Crippen molar-refractivity contribution in [1.29, 1.82) is 0 Å². The topological polar surface area (TPSA) is 0 Å². The first-order valence-electron chi connectivity index (χ1n) is 0. The van der Waals surface area contributed by atoms with E-state index in [1.807, 2.05) is 0 Å². The Morgan fingerprint density at radius 1 is 1.00 bits per heavy atom. The Labute approximate surface area is 158 Å². The maximum absolute atomic E-state index is 0. The van der Waals surface area contributed by atoms with Crippen molar-refractivity contribution in [3.8, 4) is 0 Å². The van der Waals surface area contributed by atoms with Crippen molar-refractivity contribution in [1.82, 2.24) is 0 Å². The Hall–Kier alpha value is 5.42. The minimum atomic E-state index is 0. The van der Waals surface area contributed by atoms with Gasteiger partial charge in [-0.2, -0.15) is 0 Å². The van der Waals surface area contributed by atoms with Gasteiger partial charge in [0.15, 0.2) is 0 Å². The van der Waals surface area contributed by atoms with E-state index < -0.39 is 0 Å². The average molecular weight is 645 g/mol. The van der Waals surface area contributed by atoms with Crippen molar-refractivity contribution in [2.75, 3.05) is 0 Å². The van der Waals surface area contributed by atoms with Crippen LogP contribution in [0.25, 0.3) is 0 Å². The molecule has 0 rings (SSSR count). The van der Waals surface area contributed by atoms with Crippen LogP contribution < -0.4 is 0 Å². The second-order valence-corrected chi connectivity index (χ2v) is 0. The molecule has 0 spiro atoms. The molecule has 4 heavy (non-hydrogen) atoms. The van der Waals surface area contributed by atoms with E-state index in [-0.39, 0.29) is 164 Å². The Bertz CT molecular complexity index is 8.00. The summed E-state index contributed by atoms with van der Waals surface area (Å²) < 4.78 is 0. The Morgan fingerprint density at radius 3 is 1.00 bits per heavy atom. The quantitative estimate of drug-likeness (QED) is 0.349. The van der Waals surface area contributed by atoms with Gasteiger partial charge in [-0.25, -0.2) is 0 Å². The van der Waals surface area contributed by atoms with Gasteiger partial charge in [-0.05, 0) is 0 Å². The van der Waals surface area contributed by atoms with Crippen LogP contribution in [-0.4, -0.2) is 0 Å². The molecular weight excluding hydrogens is 645 g/mol. The number of hydrogen-bond donors (Lipinski definition) is 0. The van der Waals surface area contributed by atoms with Crippen molar-refractivity contribution in [2.24, 2.45) is 0 Å². The van der Waals surface area contributed by atoms with Crippen molar-refractivity contribution in [3.05, 3.63) is 0 Å². The van der Waals surface area contributed by atoms with E-state index in [1.165, 1.54) is 0 Å². The zero-order chi connectivity index (χ0) is 0. The van der Waals surface area contributed by atoms with Crippen LogP contribution in [0.4, 0.5) is 0 Å². The van der Waals surface area contributed by atoms with Gasteiger partial charge in [-0.15, -0.1) is 0 Å². The van der Waals surface area contributed by atoms with Crippen LogP contribution in [-0.2, 0) is 0 Å². The SMILES string of the molecule is [Dy].[Sm].[Tb].[Yb]. The molecule has 0 saturated carbocycles. The van der Waals surface area contributed by atoms with E-state index in [0.717, 1.165) is 0 Å². The summed E-state index contributed by atoms with van der Waals surface area (Å²) in [5.74, 6) is 0. The van der Waals surface area contributed by atoms with Crippen LogP contribution in [0.2, 0.25) is 0 Å². The maximum atomic E-state index is 0. The summed E-state index contributed by atoms with van der Waals surface area (Å²) in [7, 11) is 0. The monoisotopic (exact) mass is 649 g/mol. The summed E-state index contributed by atoms with van der Waals surface area (Å²) in [6.07, 6.45) is 0. The minimum absolute atomic E-state index is 0. The normalized spacial score (nSPS) is 0. The van der Waals surface area contributed by atoms with Crippen LogP contribution in [0.5, 0.6) is 0 Å². The molecule has 0 aromatic carbocycles. The van der Waals surface area contributed by atoms with Gasteiger partial charge >= 0.3 is 0 Å². The second kappa shape index (κ2) is 15.8. The molecule has 0 fully saturated rings. The summed E-state index contributed by atoms with van der Waals surface area (Å²) in [4.78, 5) is 0. The summed E-state index contributed by atoms with van der Waals surface area (Å²) in [6, 6.07) is 0. The molecule has 0 nitrogen and oxygen atoms in total. The molecule has 0 aliphatic heterocycles. The molecule has 39 valence electrons. The molecule has 0 aromatic rings. The predicted molar refractivity (Wildman–Crippen MR) is 0 cm³/mol. The largest absolute Gasteiger partial charge is 0 e. The van der Waals surface area contributed by atoms with Gasteiger partial charge < -0.3 is 0 Å². The molecule has 0 amide bonds. The molecule has 1 radical (unpaired) electrons. The fourth-order valence-corrected chi connectivity index (χ4v) is 0. The van der Waals surface area contributed by atoms with Gasteiger partial charge in [0.1, 0.15) is 0 Å². The third-order valence-corrected chi connectivity index (χ3v) is 0. The molecule has 0 saturated heterocycles. The van der Waals surface area contributed by atoms with E-state index >= 15 is 0 Å². The van der Waals surface area contributed by atoms with Crippen molar-refractivity contribution < 1.29 is 164 Å². The molecule has 0 heterocycles. The third kappa shape index (κ3) is 10.4. The molecule has 0 N–H and O–H groups in total. The minimum Gasteiger partial charge on any atom is 0 e. The molecule has 0 unspecified atom stereocenters. The zero-order valence-corrected chi connectivity index (χ0v) is 9.83. The summed E-state index contributed by atoms with van der Waals surface area (Å²) in [5, 5.41) is 0. The van der Waals surface area contributed by atoms with Crippen molar-refractivity contribution >= 4 is 0 Å². The average Bonchev–Trinajstić information content (AvgIpc) is 0. The smallest absolute Gasteiger partial charge is 0 e. The van der Waals surface area contributed by atoms with E-state index in [1.54, 1.807) is 0 Å². The van der Waals surface area contributed by atoms with Crippen molar-refractivity contribution in [3.63, 3.8) is 0 Å². The Kier molecular flexibility index (Phi) is 89.7. The van der Waals surface area contributed by atoms with Gasteiger partial charge in [-0.1, -0.05) is 0 Å². The third-order valence-electron chi connectivity index (χ3n) is 0. The Balaban J connectivity index is 0. The van der Waals surface area contributed by atoms with Crippen LogP contribution in [0.15, 0.2) is 0 Å². The van der Waals surface area contributed by atoms with E-state index in [9.17, 15) is 0 Å². The summed E-state index contributed by atoms with van der Waals surface area (Å²) >= 11 is 0. The van der Waals surface area contributed by atoms with Crippen LogP contribution in [0.3, 0.4) is 0 Å². The van der Waals surface area contributed by atoms with E-state index in [2.05, 4.69) is 0 Å². The molecule has 0 aliphatic carbocycles. The first kappa shape index (κ1) is 22.7. The predicted octanol–water partition coefficient (Wildman–Crippen LogP) is 0. The van der Waals surface area contributed by atoms with Crippen LogP contribution >= 0.6 is 0 Å². The molecule has 0 aromatic heterocycles. The van der Waals surface area contributed by atoms with Crippen molar-refractivity contribution in [2.45, 2.75) is 0 Å². The number of rotatable bonds is 0. The maximum Gasteiger partial charge on any atom is 0 e. The first-order chi connectivity index (χ1) is 0. The molecule has 4 heteroatoms. The fraction of sp³-hybridized carbons (Fsp3) is 0. The van der Waals surface area contributed by atoms with Gasteiger partial charge in [0.25, 0.3) is 0 Å². The molecule has 0 aliphatic rings. The van der Waals surface area contributed by atoms with Gasteiger partial charge in [0.05, 0.1) is 0 Å². The van der Waals surface area contributed by atoms with Gasteiger partial charge in [0, 0.05) is 164 Å².